The Morgan fingerprint density at radius 2 is 2.04 bits per heavy atom. The number of non-ortho nitro benzene ring substituents is 1. The maximum Gasteiger partial charge on any atom is 0.273 e. The first-order valence-corrected chi connectivity index (χ1v) is 8.28. The molecule has 0 aliphatic carbocycles. The zero-order valence-corrected chi connectivity index (χ0v) is 13.8. The fourth-order valence-corrected chi connectivity index (χ4v) is 2.76. The molecular weight excluding hydrogens is 344 g/mol. The molecule has 1 aromatic carbocycles. The van der Waals surface area contributed by atoms with Gasteiger partial charge < -0.3 is 15.2 Å². The lowest BCUT2D eigenvalue weighted by Gasteiger charge is -2.06. The highest BCUT2D eigenvalue weighted by molar-refractivity contribution is 7.13. The number of aromatic nitrogens is 1. The van der Waals surface area contributed by atoms with Gasteiger partial charge in [0.05, 0.1) is 9.80 Å². The Hall–Kier alpha value is -3.20. The van der Waals surface area contributed by atoms with Gasteiger partial charge in [0.25, 0.3) is 11.6 Å². The molecule has 0 bridgehead atoms. The molecule has 2 N–H and O–H groups in total. The van der Waals surface area contributed by atoms with Gasteiger partial charge in [-0.2, -0.15) is 0 Å². The largest absolute Gasteiger partial charge is 0.383 e. The highest BCUT2D eigenvalue weighted by Crippen LogP contribution is 2.25. The van der Waals surface area contributed by atoms with E-state index in [4.69, 9.17) is 4.52 Å². The van der Waals surface area contributed by atoms with Crippen molar-refractivity contribution in [2.75, 3.05) is 18.4 Å². The SMILES string of the molecule is O=C(NCCNc1ccc([N+](=O)[O-])cc1)c1cc(-c2cccs2)on1. The molecule has 128 valence electrons. The van der Waals surface area contributed by atoms with Crippen molar-refractivity contribution in [3.63, 3.8) is 0 Å². The van der Waals surface area contributed by atoms with Gasteiger partial charge in [-0.3, -0.25) is 14.9 Å². The van der Waals surface area contributed by atoms with Gasteiger partial charge in [-0.25, -0.2) is 0 Å². The van der Waals surface area contributed by atoms with Crippen LogP contribution in [0.4, 0.5) is 11.4 Å². The minimum atomic E-state index is -0.452. The fraction of sp³-hybridized carbons (Fsp3) is 0.125. The molecule has 2 aromatic heterocycles. The van der Waals surface area contributed by atoms with Gasteiger partial charge in [0.2, 0.25) is 0 Å². The minimum absolute atomic E-state index is 0.0337. The van der Waals surface area contributed by atoms with E-state index in [0.29, 0.717) is 18.8 Å². The molecule has 0 radical (unpaired) electrons. The standard InChI is InChI=1S/C16H14N4O4S/c21-16(13-10-14(24-19-13)15-2-1-9-25-15)18-8-7-17-11-3-5-12(6-4-11)20(22)23/h1-6,9-10,17H,7-8H2,(H,18,21). The zero-order valence-electron chi connectivity index (χ0n) is 13.0. The van der Waals surface area contributed by atoms with Gasteiger partial charge in [0.1, 0.15) is 0 Å². The van der Waals surface area contributed by atoms with E-state index >= 15 is 0 Å². The van der Waals surface area contributed by atoms with Gasteiger partial charge in [-0.05, 0) is 23.6 Å². The van der Waals surface area contributed by atoms with Crippen LogP contribution in [0.2, 0.25) is 0 Å². The number of benzene rings is 1. The highest BCUT2D eigenvalue weighted by Gasteiger charge is 2.13. The van der Waals surface area contributed by atoms with Crippen LogP contribution in [-0.4, -0.2) is 29.1 Å². The Labute approximate surface area is 146 Å². The van der Waals surface area contributed by atoms with Crippen LogP contribution in [0.3, 0.4) is 0 Å². The molecule has 9 heteroatoms. The van der Waals surface area contributed by atoms with Crippen molar-refractivity contribution in [1.82, 2.24) is 10.5 Å². The molecule has 0 spiro atoms. The van der Waals surface area contributed by atoms with Crippen molar-refractivity contribution >= 4 is 28.6 Å². The number of hydrogen-bond acceptors (Lipinski definition) is 7. The smallest absolute Gasteiger partial charge is 0.273 e. The highest BCUT2D eigenvalue weighted by atomic mass is 32.1. The summed E-state index contributed by atoms with van der Waals surface area (Å²) in [6.45, 7) is 0.843. The van der Waals surface area contributed by atoms with Crippen LogP contribution < -0.4 is 10.6 Å². The van der Waals surface area contributed by atoms with E-state index in [1.807, 2.05) is 17.5 Å². The number of nitrogens with zero attached hydrogens (tertiary/aromatic N) is 2. The monoisotopic (exact) mass is 358 g/mol. The Bertz CT molecular complexity index is 859. The van der Waals surface area contributed by atoms with Crippen LogP contribution in [0.1, 0.15) is 10.5 Å². The summed E-state index contributed by atoms with van der Waals surface area (Å²) < 4.78 is 5.17. The van der Waals surface area contributed by atoms with Crippen molar-refractivity contribution in [3.8, 4) is 10.6 Å². The number of thiophene rings is 1. The van der Waals surface area contributed by atoms with Crippen LogP contribution in [0.15, 0.2) is 52.4 Å². The molecule has 0 unspecified atom stereocenters. The average Bonchev–Trinajstić information content (AvgIpc) is 3.29. The molecule has 0 fully saturated rings. The summed E-state index contributed by atoms with van der Waals surface area (Å²) in [5, 5.41) is 22.1. The number of anilines is 1. The lowest BCUT2D eigenvalue weighted by Crippen LogP contribution is -2.28. The molecule has 3 rings (SSSR count). The maximum atomic E-state index is 12.0. The second-order valence-electron chi connectivity index (χ2n) is 5.04. The summed E-state index contributed by atoms with van der Waals surface area (Å²) in [7, 11) is 0. The van der Waals surface area contributed by atoms with E-state index in [1.54, 1.807) is 18.2 Å². The summed E-state index contributed by atoms with van der Waals surface area (Å²) in [4.78, 5) is 23.1. The van der Waals surface area contributed by atoms with Crippen molar-refractivity contribution < 1.29 is 14.2 Å². The van der Waals surface area contributed by atoms with E-state index in [1.165, 1.54) is 23.5 Å². The van der Waals surface area contributed by atoms with E-state index in [0.717, 1.165) is 10.6 Å². The summed E-state index contributed by atoms with van der Waals surface area (Å²) in [6.07, 6.45) is 0. The zero-order chi connectivity index (χ0) is 17.6. The first-order chi connectivity index (χ1) is 12.1. The second kappa shape index (κ2) is 7.58. The number of nitro benzene ring substituents is 1. The van der Waals surface area contributed by atoms with Crippen molar-refractivity contribution in [2.45, 2.75) is 0 Å². The molecule has 25 heavy (non-hydrogen) atoms. The Morgan fingerprint density at radius 3 is 2.72 bits per heavy atom. The summed E-state index contributed by atoms with van der Waals surface area (Å²) >= 11 is 1.51. The van der Waals surface area contributed by atoms with Crippen LogP contribution in [0, 0.1) is 10.1 Å². The molecule has 3 aromatic rings. The molecule has 0 atom stereocenters. The number of rotatable bonds is 7. The van der Waals surface area contributed by atoms with Crippen molar-refractivity contribution in [2.24, 2.45) is 0 Å². The number of amides is 1. The molecule has 0 aliphatic heterocycles. The molecule has 0 aliphatic rings. The summed E-state index contributed by atoms with van der Waals surface area (Å²) in [5.74, 6) is 0.237. The molecule has 0 saturated heterocycles. The predicted molar refractivity (Wildman–Crippen MR) is 93.7 cm³/mol. The van der Waals surface area contributed by atoms with Crippen LogP contribution in [-0.2, 0) is 0 Å². The van der Waals surface area contributed by atoms with Crippen LogP contribution >= 0.6 is 11.3 Å². The Balaban J connectivity index is 1.46. The average molecular weight is 358 g/mol. The normalized spacial score (nSPS) is 10.4. The summed E-state index contributed by atoms with van der Waals surface area (Å²) in [5.41, 5.74) is 0.992. The van der Waals surface area contributed by atoms with Gasteiger partial charge in [-0.15, -0.1) is 11.3 Å². The third-order valence-electron chi connectivity index (χ3n) is 3.32. The topological polar surface area (TPSA) is 110 Å². The lowest BCUT2D eigenvalue weighted by molar-refractivity contribution is -0.384. The first kappa shape index (κ1) is 16.7. The number of carbonyl (C=O) groups excluding carboxylic acids is 1. The van der Waals surface area contributed by atoms with Gasteiger partial charge in [0, 0.05) is 37.0 Å². The van der Waals surface area contributed by atoms with E-state index in [2.05, 4.69) is 15.8 Å². The second-order valence-corrected chi connectivity index (χ2v) is 5.99. The van der Waals surface area contributed by atoms with E-state index < -0.39 is 4.92 Å². The quantitative estimate of drug-likeness (QED) is 0.381. The van der Waals surface area contributed by atoms with E-state index in [-0.39, 0.29) is 17.3 Å². The van der Waals surface area contributed by atoms with E-state index in [9.17, 15) is 14.9 Å². The van der Waals surface area contributed by atoms with Crippen LogP contribution in [0.25, 0.3) is 10.6 Å². The number of nitrogens with one attached hydrogen (secondary N) is 2. The Kier molecular flexibility index (Phi) is 5.05. The van der Waals surface area contributed by atoms with Crippen molar-refractivity contribution in [1.29, 1.82) is 0 Å². The van der Waals surface area contributed by atoms with Crippen molar-refractivity contribution in [3.05, 3.63) is 63.7 Å². The summed E-state index contributed by atoms with van der Waals surface area (Å²) in [6, 6.07) is 11.5. The van der Waals surface area contributed by atoms with Gasteiger partial charge in [0.15, 0.2) is 11.5 Å². The third kappa shape index (κ3) is 4.21. The van der Waals surface area contributed by atoms with Gasteiger partial charge >= 0.3 is 0 Å². The molecule has 8 nitrogen and oxygen atoms in total. The third-order valence-corrected chi connectivity index (χ3v) is 4.21. The molecule has 1 amide bonds. The lowest BCUT2D eigenvalue weighted by atomic mass is 10.3. The number of nitro groups is 1. The number of hydrogen-bond donors (Lipinski definition) is 2. The Morgan fingerprint density at radius 1 is 1.24 bits per heavy atom. The molecular formula is C16H14N4O4S. The minimum Gasteiger partial charge on any atom is -0.383 e. The molecule has 2 heterocycles. The molecule has 0 saturated carbocycles. The predicted octanol–water partition coefficient (Wildman–Crippen LogP) is 3.15. The first-order valence-electron chi connectivity index (χ1n) is 7.40. The van der Waals surface area contributed by atoms with Gasteiger partial charge in [-0.1, -0.05) is 11.2 Å². The maximum absolute atomic E-state index is 12.0. The number of carbonyl (C=O) groups is 1. The fourth-order valence-electron chi connectivity index (χ4n) is 2.09. The van der Waals surface area contributed by atoms with Crippen LogP contribution in [0.5, 0.6) is 0 Å².